The monoisotopic (exact) mass is 232 g/mol. The molecule has 0 heterocycles. The second-order valence-electron chi connectivity index (χ2n) is 2.03. The first-order valence-electron chi connectivity index (χ1n) is 2.99. The van der Waals surface area contributed by atoms with E-state index in [1.807, 2.05) is 5.48 Å². The van der Waals surface area contributed by atoms with E-state index < -0.39 is 4.92 Å². The van der Waals surface area contributed by atoms with Crippen LogP contribution in [0.15, 0.2) is 22.7 Å². The van der Waals surface area contributed by atoms with Gasteiger partial charge in [-0.15, -0.1) is 0 Å². The van der Waals surface area contributed by atoms with Gasteiger partial charge in [-0.05, 0) is 22.0 Å². The molecular formula is C6H5BrN2O3. The van der Waals surface area contributed by atoms with E-state index in [1.165, 1.54) is 18.2 Å². The van der Waals surface area contributed by atoms with Gasteiger partial charge in [-0.25, -0.2) is 0 Å². The fourth-order valence-corrected chi connectivity index (χ4v) is 1.05. The van der Waals surface area contributed by atoms with E-state index in [4.69, 9.17) is 5.21 Å². The zero-order valence-corrected chi connectivity index (χ0v) is 7.41. The largest absolute Gasteiger partial charge is 0.291 e. The number of nitro benzene ring substituents is 1. The van der Waals surface area contributed by atoms with Crippen LogP contribution in [0.3, 0.4) is 0 Å². The van der Waals surface area contributed by atoms with E-state index >= 15 is 0 Å². The molecule has 0 bridgehead atoms. The Morgan fingerprint density at radius 1 is 1.58 bits per heavy atom. The van der Waals surface area contributed by atoms with Gasteiger partial charge in [0, 0.05) is 16.6 Å². The summed E-state index contributed by atoms with van der Waals surface area (Å²) >= 11 is 3.09. The van der Waals surface area contributed by atoms with E-state index in [9.17, 15) is 10.1 Å². The number of anilines is 1. The number of nitrogens with zero attached hydrogens (tertiary/aromatic N) is 1. The normalized spacial score (nSPS) is 9.50. The first-order valence-corrected chi connectivity index (χ1v) is 3.78. The molecule has 0 aromatic heterocycles. The van der Waals surface area contributed by atoms with E-state index in [1.54, 1.807) is 0 Å². The smallest absolute Gasteiger partial charge is 0.271 e. The molecular weight excluding hydrogens is 228 g/mol. The molecule has 5 nitrogen and oxygen atoms in total. The van der Waals surface area contributed by atoms with Crippen molar-refractivity contribution in [2.75, 3.05) is 5.48 Å². The SMILES string of the molecule is O=[N+]([O-])c1ccc(Br)c(NO)c1. The van der Waals surface area contributed by atoms with Crippen LogP contribution in [0.1, 0.15) is 0 Å². The van der Waals surface area contributed by atoms with Crippen LogP contribution < -0.4 is 5.48 Å². The zero-order valence-electron chi connectivity index (χ0n) is 5.82. The molecule has 0 unspecified atom stereocenters. The number of hydrogen-bond acceptors (Lipinski definition) is 4. The van der Waals surface area contributed by atoms with Crippen LogP contribution in [-0.4, -0.2) is 10.1 Å². The lowest BCUT2D eigenvalue weighted by atomic mass is 10.3. The van der Waals surface area contributed by atoms with Crippen LogP contribution in [0.25, 0.3) is 0 Å². The average Bonchev–Trinajstić information content (AvgIpc) is 2.05. The van der Waals surface area contributed by atoms with Gasteiger partial charge < -0.3 is 0 Å². The number of nitro groups is 1. The maximum atomic E-state index is 10.3. The number of rotatable bonds is 2. The molecule has 1 rings (SSSR count). The number of benzene rings is 1. The Labute approximate surface area is 76.3 Å². The summed E-state index contributed by atoms with van der Waals surface area (Å²) in [5.74, 6) is 0. The highest BCUT2D eigenvalue weighted by Crippen LogP contribution is 2.26. The molecule has 0 atom stereocenters. The summed E-state index contributed by atoms with van der Waals surface area (Å²) in [4.78, 5) is 9.73. The van der Waals surface area contributed by atoms with Crippen molar-refractivity contribution in [2.45, 2.75) is 0 Å². The quantitative estimate of drug-likeness (QED) is 0.606. The molecule has 0 spiro atoms. The molecule has 0 aliphatic rings. The molecule has 2 N–H and O–H groups in total. The number of non-ortho nitro benzene ring substituents is 1. The predicted octanol–water partition coefficient (Wildman–Crippen LogP) is 2.16. The van der Waals surface area contributed by atoms with Crippen molar-refractivity contribution < 1.29 is 10.1 Å². The summed E-state index contributed by atoms with van der Waals surface area (Å²) in [6.45, 7) is 0. The highest BCUT2D eigenvalue weighted by atomic mass is 79.9. The van der Waals surface area contributed by atoms with Crippen LogP contribution in [0.2, 0.25) is 0 Å². The molecule has 12 heavy (non-hydrogen) atoms. The van der Waals surface area contributed by atoms with Crippen molar-refractivity contribution >= 4 is 27.3 Å². The molecule has 0 saturated carbocycles. The van der Waals surface area contributed by atoms with Gasteiger partial charge in [-0.3, -0.25) is 20.8 Å². The second-order valence-corrected chi connectivity index (χ2v) is 2.89. The summed E-state index contributed by atoms with van der Waals surface area (Å²) < 4.78 is 0.565. The van der Waals surface area contributed by atoms with Gasteiger partial charge in [0.2, 0.25) is 0 Å². The Balaban J connectivity index is 3.13. The minimum absolute atomic E-state index is 0.0743. The molecule has 64 valence electrons. The maximum absolute atomic E-state index is 10.3. The highest BCUT2D eigenvalue weighted by Gasteiger charge is 2.07. The Bertz CT molecular complexity index is 316. The van der Waals surface area contributed by atoms with Crippen molar-refractivity contribution in [3.8, 4) is 0 Å². The lowest BCUT2D eigenvalue weighted by Gasteiger charge is -2.00. The minimum Gasteiger partial charge on any atom is -0.291 e. The Morgan fingerprint density at radius 2 is 2.25 bits per heavy atom. The van der Waals surface area contributed by atoms with Gasteiger partial charge >= 0.3 is 0 Å². The number of hydrogen-bond donors (Lipinski definition) is 2. The lowest BCUT2D eigenvalue weighted by Crippen LogP contribution is -1.93. The predicted molar refractivity (Wildman–Crippen MR) is 46.2 cm³/mol. The molecule has 0 aliphatic heterocycles. The van der Waals surface area contributed by atoms with E-state index in [0.29, 0.717) is 4.47 Å². The molecule has 0 fully saturated rings. The van der Waals surface area contributed by atoms with Gasteiger partial charge in [-0.2, -0.15) is 0 Å². The van der Waals surface area contributed by atoms with Crippen LogP contribution in [0.5, 0.6) is 0 Å². The Kier molecular flexibility index (Phi) is 2.61. The zero-order chi connectivity index (χ0) is 9.14. The number of nitrogens with one attached hydrogen (secondary N) is 1. The fourth-order valence-electron chi connectivity index (χ4n) is 0.713. The first-order chi connectivity index (χ1) is 5.65. The summed E-state index contributed by atoms with van der Waals surface area (Å²) in [6, 6.07) is 4.05. The molecule has 0 aliphatic carbocycles. The van der Waals surface area contributed by atoms with E-state index in [2.05, 4.69) is 15.9 Å². The van der Waals surface area contributed by atoms with E-state index in [-0.39, 0.29) is 11.4 Å². The van der Waals surface area contributed by atoms with Gasteiger partial charge in [-0.1, -0.05) is 0 Å². The third-order valence-electron chi connectivity index (χ3n) is 1.28. The van der Waals surface area contributed by atoms with Crippen molar-refractivity contribution in [2.24, 2.45) is 0 Å². The van der Waals surface area contributed by atoms with E-state index in [0.717, 1.165) is 0 Å². The molecule has 0 radical (unpaired) electrons. The summed E-state index contributed by atoms with van der Waals surface area (Å²) in [7, 11) is 0. The third kappa shape index (κ3) is 1.72. The molecule has 0 amide bonds. The second kappa shape index (κ2) is 3.51. The first kappa shape index (κ1) is 8.95. The van der Waals surface area contributed by atoms with Crippen LogP contribution in [-0.2, 0) is 0 Å². The molecule has 1 aromatic carbocycles. The lowest BCUT2D eigenvalue weighted by molar-refractivity contribution is -0.384. The van der Waals surface area contributed by atoms with Crippen LogP contribution >= 0.6 is 15.9 Å². The molecule has 0 saturated heterocycles. The van der Waals surface area contributed by atoms with Crippen molar-refractivity contribution in [3.63, 3.8) is 0 Å². The van der Waals surface area contributed by atoms with Gasteiger partial charge in [0.1, 0.15) is 0 Å². The van der Waals surface area contributed by atoms with Crippen molar-refractivity contribution in [1.29, 1.82) is 0 Å². The van der Waals surface area contributed by atoms with Gasteiger partial charge in [0.25, 0.3) is 5.69 Å². The standard InChI is InChI=1S/C6H5BrN2O3/c7-5-2-1-4(9(11)12)3-6(5)8-10/h1-3,8,10H. The Hall–Kier alpha value is -1.14. The average molecular weight is 233 g/mol. The molecule has 1 aromatic rings. The van der Waals surface area contributed by atoms with Gasteiger partial charge in [0.15, 0.2) is 0 Å². The molecule has 6 heteroatoms. The topological polar surface area (TPSA) is 75.4 Å². The number of halogens is 1. The summed E-state index contributed by atoms with van der Waals surface area (Å²) in [5.41, 5.74) is 2.03. The summed E-state index contributed by atoms with van der Waals surface area (Å²) in [5, 5.41) is 18.8. The summed E-state index contributed by atoms with van der Waals surface area (Å²) in [6.07, 6.45) is 0. The Morgan fingerprint density at radius 3 is 2.75 bits per heavy atom. The maximum Gasteiger partial charge on any atom is 0.271 e. The van der Waals surface area contributed by atoms with Crippen molar-refractivity contribution in [1.82, 2.24) is 0 Å². The third-order valence-corrected chi connectivity index (χ3v) is 1.97. The van der Waals surface area contributed by atoms with Gasteiger partial charge in [0.05, 0.1) is 10.6 Å². The fraction of sp³-hybridized carbons (Fsp3) is 0. The van der Waals surface area contributed by atoms with Crippen LogP contribution in [0, 0.1) is 10.1 Å². The highest BCUT2D eigenvalue weighted by molar-refractivity contribution is 9.10. The minimum atomic E-state index is -0.534. The van der Waals surface area contributed by atoms with Crippen molar-refractivity contribution in [3.05, 3.63) is 32.8 Å². The van der Waals surface area contributed by atoms with Crippen LogP contribution in [0.4, 0.5) is 11.4 Å².